The van der Waals surface area contributed by atoms with Crippen LogP contribution in [-0.2, 0) is 7.05 Å². The fourth-order valence-electron chi connectivity index (χ4n) is 2.23. The van der Waals surface area contributed by atoms with Crippen molar-refractivity contribution in [3.8, 4) is 0 Å². The first-order valence-corrected chi connectivity index (χ1v) is 6.21. The molecule has 18 heavy (non-hydrogen) atoms. The van der Waals surface area contributed by atoms with Crippen LogP contribution in [0.2, 0.25) is 10.0 Å². The van der Waals surface area contributed by atoms with Gasteiger partial charge in [0.15, 0.2) is 5.43 Å². The first-order chi connectivity index (χ1) is 8.58. The number of aryl methyl sites for hydroxylation is 1. The van der Waals surface area contributed by atoms with Gasteiger partial charge < -0.3 is 4.57 Å². The van der Waals surface area contributed by atoms with Gasteiger partial charge in [-0.15, -0.1) is 0 Å². The molecule has 4 heteroatoms. The Kier molecular flexibility index (Phi) is 2.58. The zero-order valence-electron chi connectivity index (χ0n) is 9.58. The van der Waals surface area contributed by atoms with E-state index in [0.717, 1.165) is 11.0 Å². The summed E-state index contributed by atoms with van der Waals surface area (Å²) in [6.07, 6.45) is 0. The Bertz CT molecular complexity index is 836. The monoisotopic (exact) mass is 277 g/mol. The third kappa shape index (κ3) is 1.61. The maximum atomic E-state index is 12.4. The van der Waals surface area contributed by atoms with E-state index in [-0.39, 0.29) is 5.43 Å². The summed E-state index contributed by atoms with van der Waals surface area (Å²) in [7, 11) is 1.91. The van der Waals surface area contributed by atoms with Crippen LogP contribution in [0.25, 0.3) is 21.8 Å². The minimum absolute atomic E-state index is 0.0164. The number of benzene rings is 2. The lowest BCUT2D eigenvalue weighted by Gasteiger charge is -2.10. The SMILES string of the molecule is Cn1c2ccc(Cl)cc2c(=O)c2ccc(Cl)cc21. The highest BCUT2D eigenvalue weighted by atomic mass is 35.5. The van der Waals surface area contributed by atoms with Crippen molar-refractivity contribution in [2.45, 2.75) is 0 Å². The highest BCUT2D eigenvalue weighted by Crippen LogP contribution is 2.23. The molecular formula is C14H9Cl2NO. The van der Waals surface area contributed by atoms with Gasteiger partial charge in [-0.05, 0) is 36.4 Å². The topological polar surface area (TPSA) is 22.0 Å². The third-order valence-electron chi connectivity index (χ3n) is 3.13. The molecule has 0 spiro atoms. The van der Waals surface area contributed by atoms with E-state index in [9.17, 15) is 4.79 Å². The van der Waals surface area contributed by atoms with Crippen molar-refractivity contribution >= 4 is 45.0 Å². The summed E-state index contributed by atoms with van der Waals surface area (Å²) in [5, 5.41) is 2.45. The van der Waals surface area contributed by atoms with E-state index in [1.165, 1.54) is 0 Å². The summed E-state index contributed by atoms with van der Waals surface area (Å²) in [6.45, 7) is 0. The number of aromatic nitrogens is 1. The lowest BCUT2D eigenvalue weighted by atomic mass is 10.1. The quantitative estimate of drug-likeness (QED) is 0.570. The van der Waals surface area contributed by atoms with Crippen LogP contribution in [0.15, 0.2) is 41.2 Å². The van der Waals surface area contributed by atoms with Crippen molar-refractivity contribution in [2.75, 3.05) is 0 Å². The molecule has 0 saturated carbocycles. The zero-order valence-corrected chi connectivity index (χ0v) is 11.1. The molecule has 0 N–H and O–H groups in total. The summed E-state index contributed by atoms with van der Waals surface area (Å²) >= 11 is 11.9. The minimum atomic E-state index is -0.0164. The average Bonchev–Trinajstić information content (AvgIpc) is 2.36. The van der Waals surface area contributed by atoms with E-state index in [0.29, 0.717) is 20.8 Å². The molecule has 0 saturated heterocycles. The van der Waals surface area contributed by atoms with Crippen LogP contribution in [0.3, 0.4) is 0 Å². The molecule has 0 amide bonds. The second-order valence-corrected chi connectivity index (χ2v) is 5.08. The standard InChI is InChI=1S/C14H9Cl2NO/c1-17-12-5-3-8(15)6-11(12)14(18)10-4-2-9(16)7-13(10)17/h2-7H,1H3. The van der Waals surface area contributed by atoms with Gasteiger partial charge in [0.25, 0.3) is 0 Å². The number of rotatable bonds is 0. The van der Waals surface area contributed by atoms with E-state index < -0.39 is 0 Å². The largest absolute Gasteiger partial charge is 0.343 e. The van der Waals surface area contributed by atoms with Crippen LogP contribution in [0.4, 0.5) is 0 Å². The molecule has 90 valence electrons. The molecule has 2 aromatic carbocycles. The van der Waals surface area contributed by atoms with Gasteiger partial charge >= 0.3 is 0 Å². The summed E-state index contributed by atoms with van der Waals surface area (Å²) in [4.78, 5) is 12.4. The maximum absolute atomic E-state index is 12.4. The summed E-state index contributed by atoms with van der Waals surface area (Å²) < 4.78 is 1.95. The van der Waals surface area contributed by atoms with Gasteiger partial charge in [0, 0.05) is 27.9 Å². The van der Waals surface area contributed by atoms with E-state index in [1.54, 1.807) is 30.3 Å². The number of fused-ring (bicyclic) bond motifs is 2. The van der Waals surface area contributed by atoms with Gasteiger partial charge in [0.1, 0.15) is 0 Å². The summed E-state index contributed by atoms with van der Waals surface area (Å²) in [5.74, 6) is 0. The molecule has 0 radical (unpaired) electrons. The third-order valence-corrected chi connectivity index (χ3v) is 3.60. The Balaban J connectivity index is 2.65. The van der Waals surface area contributed by atoms with Crippen LogP contribution in [-0.4, -0.2) is 4.57 Å². The Morgan fingerprint density at radius 1 is 0.889 bits per heavy atom. The lowest BCUT2D eigenvalue weighted by Crippen LogP contribution is -2.08. The molecule has 0 fully saturated rings. The smallest absolute Gasteiger partial charge is 0.197 e. The first kappa shape index (κ1) is 11.6. The van der Waals surface area contributed by atoms with E-state index in [4.69, 9.17) is 23.2 Å². The molecule has 0 unspecified atom stereocenters. The van der Waals surface area contributed by atoms with Crippen molar-refractivity contribution in [1.29, 1.82) is 0 Å². The molecule has 1 heterocycles. The van der Waals surface area contributed by atoms with Crippen LogP contribution >= 0.6 is 23.2 Å². The van der Waals surface area contributed by atoms with Crippen molar-refractivity contribution in [2.24, 2.45) is 7.05 Å². The lowest BCUT2D eigenvalue weighted by molar-refractivity contribution is 1.00. The molecule has 2 nitrogen and oxygen atoms in total. The molecule has 0 aliphatic carbocycles. The Morgan fingerprint density at radius 3 is 2.33 bits per heavy atom. The Hall–Kier alpha value is -1.51. The fraction of sp³-hybridized carbons (Fsp3) is 0.0714. The van der Waals surface area contributed by atoms with Crippen LogP contribution in [0.1, 0.15) is 0 Å². The van der Waals surface area contributed by atoms with Gasteiger partial charge in [-0.1, -0.05) is 23.2 Å². The predicted octanol–water partition coefficient (Wildman–Crippen LogP) is 4.00. The normalized spacial score (nSPS) is 11.3. The number of hydrogen-bond donors (Lipinski definition) is 0. The highest BCUT2D eigenvalue weighted by Gasteiger charge is 2.09. The molecule has 0 aliphatic heterocycles. The van der Waals surface area contributed by atoms with Crippen LogP contribution < -0.4 is 5.43 Å². The number of halogens is 2. The van der Waals surface area contributed by atoms with E-state index in [1.807, 2.05) is 17.7 Å². The molecule has 0 aliphatic rings. The number of hydrogen-bond acceptors (Lipinski definition) is 1. The summed E-state index contributed by atoms with van der Waals surface area (Å²) in [6, 6.07) is 10.6. The van der Waals surface area contributed by atoms with Crippen molar-refractivity contribution in [1.82, 2.24) is 4.57 Å². The fourth-order valence-corrected chi connectivity index (χ4v) is 2.57. The summed E-state index contributed by atoms with van der Waals surface area (Å²) in [5.41, 5.74) is 1.65. The molecule has 3 aromatic rings. The van der Waals surface area contributed by atoms with Crippen molar-refractivity contribution in [3.63, 3.8) is 0 Å². The van der Waals surface area contributed by atoms with Gasteiger partial charge in [-0.25, -0.2) is 0 Å². The zero-order chi connectivity index (χ0) is 12.9. The van der Waals surface area contributed by atoms with Gasteiger partial charge in [-0.2, -0.15) is 0 Å². The Morgan fingerprint density at radius 2 is 1.56 bits per heavy atom. The second-order valence-electron chi connectivity index (χ2n) is 4.21. The highest BCUT2D eigenvalue weighted by molar-refractivity contribution is 6.32. The van der Waals surface area contributed by atoms with Gasteiger partial charge in [0.05, 0.1) is 11.0 Å². The van der Waals surface area contributed by atoms with E-state index in [2.05, 4.69) is 0 Å². The molecule has 3 rings (SSSR count). The van der Waals surface area contributed by atoms with Gasteiger partial charge in [0.2, 0.25) is 0 Å². The van der Waals surface area contributed by atoms with Crippen LogP contribution in [0.5, 0.6) is 0 Å². The predicted molar refractivity (Wildman–Crippen MR) is 76.7 cm³/mol. The molecular weight excluding hydrogens is 269 g/mol. The molecule has 1 aromatic heterocycles. The second kappa shape index (κ2) is 4.01. The van der Waals surface area contributed by atoms with E-state index >= 15 is 0 Å². The molecule has 0 atom stereocenters. The number of pyridine rings is 1. The number of nitrogens with zero attached hydrogens (tertiary/aromatic N) is 1. The average molecular weight is 278 g/mol. The van der Waals surface area contributed by atoms with Gasteiger partial charge in [-0.3, -0.25) is 4.79 Å². The Labute approximate surface area is 113 Å². The maximum Gasteiger partial charge on any atom is 0.197 e. The van der Waals surface area contributed by atoms with Crippen molar-refractivity contribution in [3.05, 3.63) is 56.7 Å². The van der Waals surface area contributed by atoms with Crippen molar-refractivity contribution < 1.29 is 0 Å². The minimum Gasteiger partial charge on any atom is -0.343 e. The van der Waals surface area contributed by atoms with Crippen LogP contribution in [0, 0.1) is 0 Å². The first-order valence-electron chi connectivity index (χ1n) is 5.45. The molecule has 0 bridgehead atoms.